The van der Waals surface area contributed by atoms with Crippen LogP contribution in [0.2, 0.25) is 0 Å². The van der Waals surface area contributed by atoms with Gasteiger partial charge in [-0.1, -0.05) is 97.2 Å². The van der Waals surface area contributed by atoms with Crippen LogP contribution in [0.3, 0.4) is 0 Å². The predicted molar refractivity (Wildman–Crippen MR) is 232 cm³/mol. The van der Waals surface area contributed by atoms with Crippen molar-refractivity contribution in [1.29, 1.82) is 0 Å². The molecule has 0 spiro atoms. The van der Waals surface area contributed by atoms with E-state index in [1.54, 1.807) is 0 Å². The monoisotopic (exact) mass is 747 g/mol. The molecule has 4 heterocycles. The fraction of sp³-hybridized carbons (Fsp3) is 0.314. The zero-order valence-corrected chi connectivity index (χ0v) is 32.7. The van der Waals surface area contributed by atoms with Crippen LogP contribution in [-0.4, -0.2) is 34.7 Å². The van der Waals surface area contributed by atoms with Gasteiger partial charge in [0.2, 0.25) is 0 Å². The Bertz CT molecular complexity index is 2450. The lowest BCUT2D eigenvalue weighted by atomic mass is 9.84. The van der Waals surface area contributed by atoms with Crippen LogP contribution < -0.4 is 9.64 Å². The average Bonchev–Trinajstić information content (AvgIpc) is 3.83. The van der Waals surface area contributed by atoms with E-state index in [1.807, 2.05) is 0 Å². The van der Waals surface area contributed by atoms with E-state index < -0.39 is 0 Å². The third-order valence-electron chi connectivity index (χ3n) is 13.1. The average molecular weight is 748 g/mol. The number of hydrogen-bond acceptors (Lipinski definition) is 6. The van der Waals surface area contributed by atoms with E-state index in [0.717, 1.165) is 103 Å². The number of aromatic nitrogens is 1. The first kappa shape index (κ1) is 34.5. The lowest BCUT2D eigenvalue weighted by Crippen LogP contribution is -2.37. The Labute approximate surface area is 336 Å². The van der Waals surface area contributed by atoms with Crippen molar-refractivity contribution < 1.29 is 4.74 Å². The lowest BCUT2D eigenvalue weighted by Gasteiger charge is -2.35. The first-order chi connectivity index (χ1) is 28.2. The zero-order chi connectivity index (χ0) is 37.9. The summed E-state index contributed by atoms with van der Waals surface area (Å²) in [7, 11) is 2.14. The summed E-state index contributed by atoms with van der Waals surface area (Å²) < 4.78 is 7.16. The van der Waals surface area contributed by atoms with Crippen molar-refractivity contribution in [1.82, 2.24) is 9.88 Å². The molecule has 8 aliphatic rings. The largest absolute Gasteiger partial charge is 0.485 e. The van der Waals surface area contributed by atoms with Gasteiger partial charge in [0.1, 0.15) is 23.5 Å². The number of amidine groups is 2. The maximum Gasteiger partial charge on any atom is 0.152 e. The number of benzene rings is 2. The number of anilines is 1. The topological polar surface area (TPSA) is 53.3 Å². The SMILES string of the molecule is CN1C(c2ccccc2)=NC(C2C=CCCC2)=NC1c1cc(C2=CCCC=C2)cnc1C1=CC2Oc3c(ccc4c3C3CCCC=C3N4C3=CC=CCC3)C2C=C1. The molecule has 284 valence electrons. The molecule has 5 atom stereocenters. The molecule has 0 radical (unpaired) electrons. The summed E-state index contributed by atoms with van der Waals surface area (Å²) in [6, 6.07) is 17.6. The number of rotatable bonds is 6. The van der Waals surface area contributed by atoms with Gasteiger partial charge in [0.05, 0.1) is 11.4 Å². The summed E-state index contributed by atoms with van der Waals surface area (Å²) in [5.41, 5.74) is 13.4. The lowest BCUT2D eigenvalue weighted by molar-refractivity contribution is 0.267. The molecule has 0 fully saturated rings. The molecule has 3 aliphatic heterocycles. The first-order valence-corrected chi connectivity index (χ1v) is 21.3. The van der Waals surface area contributed by atoms with E-state index in [0.29, 0.717) is 5.92 Å². The van der Waals surface area contributed by atoms with Crippen LogP contribution >= 0.6 is 0 Å². The van der Waals surface area contributed by atoms with Gasteiger partial charge in [-0.15, -0.1) is 0 Å². The van der Waals surface area contributed by atoms with Gasteiger partial charge in [-0.05, 0) is 99.6 Å². The number of nitrogens with zero attached hydrogens (tertiary/aromatic N) is 5. The van der Waals surface area contributed by atoms with Crippen LogP contribution in [0.4, 0.5) is 5.69 Å². The molecule has 11 rings (SSSR count). The Morgan fingerprint density at radius 1 is 0.807 bits per heavy atom. The minimum Gasteiger partial charge on any atom is -0.485 e. The van der Waals surface area contributed by atoms with E-state index >= 15 is 0 Å². The molecule has 6 heteroatoms. The number of aliphatic imine (C=N–C) groups is 2. The Balaban J connectivity index is 1.00. The minimum atomic E-state index is -0.304. The summed E-state index contributed by atoms with van der Waals surface area (Å²) >= 11 is 0. The van der Waals surface area contributed by atoms with Gasteiger partial charge in [-0.25, -0.2) is 9.98 Å². The maximum atomic E-state index is 7.16. The first-order valence-electron chi connectivity index (χ1n) is 21.3. The van der Waals surface area contributed by atoms with Crippen LogP contribution in [0.15, 0.2) is 149 Å². The molecule has 57 heavy (non-hydrogen) atoms. The molecule has 0 amide bonds. The summed E-state index contributed by atoms with van der Waals surface area (Å²) in [4.78, 5) is 20.9. The molecule has 5 unspecified atom stereocenters. The predicted octanol–water partition coefficient (Wildman–Crippen LogP) is 11.7. The van der Waals surface area contributed by atoms with Gasteiger partial charge in [-0.3, -0.25) is 4.98 Å². The molecular formula is C51H49N5O. The number of fused-ring (bicyclic) bond motifs is 7. The highest BCUT2D eigenvalue weighted by Gasteiger charge is 2.44. The second-order valence-corrected chi connectivity index (χ2v) is 16.6. The van der Waals surface area contributed by atoms with Gasteiger partial charge in [0.25, 0.3) is 0 Å². The zero-order valence-electron chi connectivity index (χ0n) is 32.7. The van der Waals surface area contributed by atoms with Crippen molar-refractivity contribution in [3.8, 4) is 5.75 Å². The van der Waals surface area contributed by atoms with Crippen molar-refractivity contribution in [3.05, 3.63) is 173 Å². The highest BCUT2D eigenvalue weighted by Crippen LogP contribution is 2.58. The number of hydrogen-bond donors (Lipinski definition) is 0. The summed E-state index contributed by atoms with van der Waals surface area (Å²) in [6.07, 6.45) is 40.5. The molecule has 1 aromatic heterocycles. The smallest absolute Gasteiger partial charge is 0.152 e. The maximum absolute atomic E-state index is 7.16. The fourth-order valence-electron chi connectivity index (χ4n) is 10.3. The molecule has 5 aliphatic carbocycles. The molecule has 0 saturated heterocycles. The second-order valence-electron chi connectivity index (χ2n) is 16.6. The van der Waals surface area contributed by atoms with E-state index in [1.165, 1.54) is 40.2 Å². The molecule has 6 nitrogen and oxygen atoms in total. The van der Waals surface area contributed by atoms with E-state index in [2.05, 4.69) is 144 Å². The molecule has 0 N–H and O–H groups in total. The highest BCUT2D eigenvalue weighted by molar-refractivity contribution is 6.08. The number of allylic oxidation sites excluding steroid dienone is 13. The van der Waals surface area contributed by atoms with E-state index in [9.17, 15) is 0 Å². The van der Waals surface area contributed by atoms with Crippen molar-refractivity contribution in [3.63, 3.8) is 0 Å². The van der Waals surface area contributed by atoms with Crippen molar-refractivity contribution in [2.24, 2.45) is 15.9 Å². The summed E-state index contributed by atoms with van der Waals surface area (Å²) in [6.45, 7) is 0. The third kappa shape index (κ3) is 5.95. The van der Waals surface area contributed by atoms with Gasteiger partial charge >= 0.3 is 0 Å². The third-order valence-corrected chi connectivity index (χ3v) is 13.1. The van der Waals surface area contributed by atoms with E-state index in [4.69, 9.17) is 19.7 Å². The number of pyridine rings is 1. The van der Waals surface area contributed by atoms with Gasteiger partial charge in [0.15, 0.2) is 6.17 Å². The quantitative estimate of drug-likeness (QED) is 0.236. The Kier molecular flexibility index (Phi) is 8.67. The summed E-state index contributed by atoms with van der Waals surface area (Å²) in [5, 5.41) is 0. The van der Waals surface area contributed by atoms with Gasteiger partial charge in [-0.2, -0.15) is 0 Å². The molecule has 0 bridgehead atoms. The standard InChI is InChI=1S/C51H49N5O/c1-55-50(35-20-10-4-11-21-35)53-49(34-18-8-3-9-19-34)54-51(55)42-30-37(33-16-6-2-7-17-33)32-52-47(42)36-26-27-39-40-28-29-44-46(48(40)57-45(39)31-36)41-24-14-15-25-43(41)56(44)38-22-12-5-13-23-38/h4-6,8,10-12,16-18,20-22,25-32,34,39,41,45,51H,2-3,7,9,13-15,19,23-24H2,1H3. The van der Waals surface area contributed by atoms with Crippen LogP contribution in [0.1, 0.15) is 116 Å². The van der Waals surface area contributed by atoms with Gasteiger partial charge in [0, 0.05) is 70.2 Å². The Hall–Kier alpha value is -5.75. The highest BCUT2D eigenvalue weighted by atomic mass is 16.5. The fourth-order valence-corrected chi connectivity index (χ4v) is 10.3. The number of ether oxygens (including phenoxy) is 1. The van der Waals surface area contributed by atoms with Crippen LogP contribution in [0, 0.1) is 5.92 Å². The van der Waals surface area contributed by atoms with Crippen molar-refractivity contribution in [2.45, 2.75) is 88.3 Å². The van der Waals surface area contributed by atoms with Gasteiger partial charge < -0.3 is 14.5 Å². The van der Waals surface area contributed by atoms with Crippen LogP contribution in [0.5, 0.6) is 5.75 Å². The molecule has 3 aromatic rings. The van der Waals surface area contributed by atoms with Crippen molar-refractivity contribution in [2.75, 3.05) is 11.9 Å². The second kappa shape index (κ2) is 14.3. The normalized spacial score (nSPS) is 26.9. The molecule has 0 saturated carbocycles. The molecule has 2 aromatic carbocycles. The van der Waals surface area contributed by atoms with Crippen LogP contribution in [-0.2, 0) is 0 Å². The minimum absolute atomic E-state index is 0.108. The van der Waals surface area contributed by atoms with Crippen LogP contribution in [0.25, 0.3) is 11.1 Å². The molecular weight excluding hydrogens is 699 g/mol. The Morgan fingerprint density at radius 3 is 2.58 bits per heavy atom. The Morgan fingerprint density at radius 2 is 1.74 bits per heavy atom. The van der Waals surface area contributed by atoms with Crippen molar-refractivity contribution >= 4 is 28.5 Å². The van der Waals surface area contributed by atoms with E-state index in [-0.39, 0.29) is 24.1 Å². The summed E-state index contributed by atoms with van der Waals surface area (Å²) in [5.74, 6) is 3.68.